The number of para-hydroxylation sites is 3. The second-order valence-electron chi connectivity index (χ2n) is 7.34. The molecule has 3 aromatic heterocycles. The number of fused-ring (bicyclic) bond motifs is 3. The van der Waals surface area contributed by atoms with Gasteiger partial charge in [-0.2, -0.15) is 0 Å². The summed E-state index contributed by atoms with van der Waals surface area (Å²) in [5.74, 6) is -2.98. The molecule has 0 amide bonds. The Balaban J connectivity index is 0.000000163. The Bertz CT molecular complexity index is 1650. The summed E-state index contributed by atoms with van der Waals surface area (Å²) in [4.78, 5) is 45.8. The quantitative estimate of drug-likeness (QED) is 0.105. The normalized spacial score (nSPS) is 10.3. The summed E-state index contributed by atoms with van der Waals surface area (Å²) in [5.41, 5.74) is 1.98. The Kier molecular flexibility index (Phi) is 11.1. The van der Waals surface area contributed by atoms with Gasteiger partial charge in [-0.1, -0.05) is 18.2 Å². The molecule has 0 bridgehead atoms. The average Bonchev–Trinajstić information content (AvgIpc) is 3.63. The number of aromatic nitrogens is 3. The van der Waals surface area contributed by atoms with E-state index in [4.69, 9.17) is 15.3 Å². The number of thiazole rings is 3. The predicted molar refractivity (Wildman–Crippen MR) is 161 cm³/mol. The van der Waals surface area contributed by atoms with Crippen LogP contribution in [-0.4, -0.2) is 48.2 Å². The maximum atomic E-state index is 10.6. The third-order valence-electron chi connectivity index (χ3n) is 4.74. The molecule has 0 saturated carbocycles. The van der Waals surface area contributed by atoms with Crippen LogP contribution in [0.1, 0.15) is 29.4 Å². The fourth-order valence-electron chi connectivity index (χ4n) is 3.08. The van der Waals surface area contributed by atoms with Gasteiger partial charge < -0.3 is 15.3 Å². The van der Waals surface area contributed by atoms with E-state index in [0.717, 1.165) is 48.1 Å². The van der Waals surface area contributed by atoms with Crippen LogP contribution in [0, 0.1) is 0 Å². The Morgan fingerprint density at radius 2 is 0.775 bits per heavy atom. The van der Waals surface area contributed by atoms with E-state index in [9.17, 15) is 14.4 Å². The van der Waals surface area contributed by atoms with E-state index in [1.807, 2.05) is 36.4 Å². The van der Waals surface area contributed by atoms with Gasteiger partial charge in [-0.25, -0.2) is 29.3 Å². The van der Waals surface area contributed by atoms with E-state index in [2.05, 4.69) is 52.8 Å². The molecule has 1 radical (unpaired) electrons. The summed E-state index contributed by atoms with van der Waals surface area (Å²) in [6.07, 6.45) is 0. The number of rotatable bonds is 3. The first-order chi connectivity index (χ1) is 18.5. The van der Waals surface area contributed by atoms with E-state index in [1.54, 1.807) is 18.2 Å². The molecule has 6 aromatic rings. The topological polar surface area (TPSA) is 151 Å². The van der Waals surface area contributed by atoms with Crippen molar-refractivity contribution >= 4 is 120 Å². The molecular formula is C24H15IrN3O6S6. The largest absolute Gasteiger partial charge is 0.476 e. The van der Waals surface area contributed by atoms with Crippen molar-refractivity contribution in [1.29, 1.82) is 0 Å². The number of nitrogens with zero attached hydrogens (tertiary/aromatic N) is 3. The number of hydrogen-bond acceptors (Lipinski definition) is 12. The summed E-state index contributed by atoms with van der Waals surface area (Å²) in [7, 11) is 0. The summed E-state index contributed by atoms with van der Waals surface area (Å²) < 4.78 is 2.56. The molecule has 0 unspecified atom stereocenters. The first-order valence-electron chi connectivity index (χ1n) is 10.5. The first-order valence-corrected chi connectivity index (χ1v) is 14.3. The first kappa shape index (κ1) is 32.0. The molecule has 0 fully saturated rings. The number of benzene rings is 3. The number of carboxylic acid groups (broad SMARTS) is 3. The summed E-state index contributed by atoms with van der Waals surface area (Å²) in [6, 6.07) is 16.3. The van der Waals surface area contributed by atoms with E-state index in [1.165, 1.54) is 0 Å². The van der Waals surface area contributed by atoms with Crippen LogP contribution >= 0.6 is 71.9 Å². The molecule has 3 aromatic carbocycles. The fourth-order valence-corrected chi connectivity index (χ4v) is 6.57. The third kappa shape index (κ3) is 7.39. The maximum absolute atomic E-state index is 10.6. The van der Waals surface area contributed by atoms with Gasteiger partial charge in [-0.3, -0.25) is 0 Å². The monoisotopic (exact) mass is 826 g/mol. The van der Waals surface area contributed by atoms with Crippen molar-refractivity contribution in [3.63, 3.8) is 0 Å². The van der Waals surface area contributed by atoms with Gasteiger partial charge >= 0.3 is 17.9 Å². The van der Waals surface area contributed by atoms with Gasteiger partial charge in [-0.15, -0.1) is 71.9 Å². The van der Waals surface area contributed by atoms with Crippen molar-refractivity contribution in [2.24, 2.45) is 0 Å². The summed E-state index contributed by atoms with van der Waals surface area (Å²) in [5, 5.41) is 26.4. The van der Waals surface area contributed by atoms with Crippen LogP contribution in [0.2, 0.25) is 0 Å². The molecule has 0 atom stereocenters. The van der Waals surface area contributed by atoms with Gasteiger partial charge in [0.05, 0.1) is 30.6 Å². The van der Waals surface area contributed by atoms with E-state index in [0.29, 0.717) is 31.2 Å². The van der Waals surface area contributed by atoms with Gasteiger partial charge in [0, 0.05) is 34.8 Å². The Morgan fingerprint density at radius 1 is 0.525 bits per heavy atom. The molecular weight excluding hydrogens is 811 g/mol. The smallest absolute Gasteiger partial charge is 0.365 e. The molecule has 6 rings (SSSR count). The molecule has 0 aliphatic carbocycles. The number of hydrogen-bond donors (Lipinski definition) is 6. The minimum atomic E-state index is -0.992. The van der Waals surface area contributed by atoms with Crippen molar-refractivity contribution < 1.29 is 49.8 Å². The van der Waals surface area contributed by atoms with Crippen LogP contribution in [-0.2, 0) is 20.1 Å². The van der Waals surface area contributed by atoms with E-state index in [-0.39, 0.29) is 35.1 Å². The SMILES string of the molecule is O=C(O)c1nc2c(S)cccc2s1.O=C(O)c1nc2c(S)cccc2s1.O=C(O)c1nc2c(S)cccc2s1.[Ir]. The molecule has 40 heavy (non-hydrogen) atoms. The van der Waals surface area contributed by atoms with Gasteiger partial charge in [0.2, 0.25) is 15.0 Å². The summed E-state index contributed by atoms with van der Waals surface area (Å²) >= 11 is 16.0. The fraction of sp³-hybridized carbons (Fsp3) is 0. The standard InChI is InChI=1S/3C8H5NO2S2.Ir/c3*10-8(11)7-9-6-4(12)2-1-3-5(6)13-7;/h3*1-3,12H,(H,10,11);. The second-order valence-corrected chi connectivity index (χ2v) is 11.9. The molecule has 9 nitrogen and oxygen atoms in total. The average molecular weight is 826 g/mol. The minimum absolute atomic E-state index is 0. The van der Waals surface area contributed by atoms with Crippen molar-refractivity contribution in [2.75, 3.05) is 0 Å². The van der Waals surface area contributed by atoms with Gasteiger partial charge in [0.25, 0.3) is 0 Å². The van der Waals surface area contributed by atoms with Crippen LogP contribution in [0.25, 0.3) is 30.6 Å². The Hall–Kier alpha value is -2.56. The van der Waals surface area contributed by atoms with E-state index < -0.39 is 17.9 Å². The van der Waals surface area contributed by atoms with Crippen molar-refractivity contribution in [3.8, 4) is 0 Å². The molecule has 3 N–H and O–H groups in total. The maximum Gasteiger partial charge on any atom is 0.365 e. The molecule has 0 aliphatic rings. The van der Waals surface area contributed by atoms with Crippen molar-refractivity contribution in [1.82, 2.24) is 15.0 Å². The van der Waals surface area contributed by atoms with Crippen LogP contribution in [0.4, 0.5) is 0 Å². The van der Waals surface area contributed by atoms with Crippen LogP contribution in [0.3, 0.4) is 0 Å². The number of carbonyl (C=O) groups is 3. The zero-order valence-corrected chi connectivity index (χ0v) is 27.0. The van der Waals surface area contributed by atoms with Crippen LogP contribution < -0.4 is 0 Å². The zero-order chi connectivity index (χ0) is 28.3. The Labute approximate surface area is 267 Å². The van der Waals surface area contributed by atoms with Crippen LogP contribution in [0.5, 0.6) is 0 Å². The molecule has 16 heteroatoms. The molecule has 0 saturated heterocycles. The Morgan fingerprint density at radius 3 is 0.975 bits per heavy atom. The molecule has 0 spiro atoms. The van der Waals surface area contributed by atoms with E-state index >= 15 is 0 Å². The molecule has 207 valence electrons. The van der Waals surface area contributed by atoms with Gasteiger partial charge in [0.1, 0.15) is 0 Å². The second kappa shape index (κ2) is 13.9. The molecule has 3 heterocycles. The number of thiol groups is 3. The number of carboxylic acids is 3. The molecule has 0 aliphatic heterocycles. The van der Waals surface area contributed by atoms with Crippen molar-refractivity contribution in [3.05, 3.63) is 69.6 Å². The van der Waals surface area contributed by atoms with Crippen molar-refractivity contribution in [2.45, 2.75) is 14.7 Å². The van der Waals surface area contributed by atoms with Crippen LogP contribution in [0.15, 0.2) is 69.3 Å². The predicted octanol–water partition coefficient (Wildman–Crippen LogP) is 6.85. The number of aromatic carboxylic acids is 3. The minimum Gasteiger partial charge on any atom is -0.476 e. The zero-order valence-electron chi connectivity index (χ0n) is 19.5. The summed E-state index contributed by atoms with van der Waals surface area (Å²) in [6.45, 7) is 0. The van der Waals surface area contributed by atoms with Gasteiger partial charge in [-0.05, 0) is 36.4 Å². The third-order valence-corrected chi connectivity index (χ3v) is 8.85. The van der Waals surface area contributed by atoms with Gasteiger partial charge in [0.15, 0.2) is 0 Å².